The van der Waals surface area contributed by atoms with Gasteiger partial charge in [-0.25, -0.2) is 26.8 Å². The van der Waals surface area contributed by atoms with Crippen LogP contribution in [0.2, 0.25) is 0 Å². The van der Waals surface area contributed by atoms with E-state index < -0.39 is 0 Å². The van der Waals surface area contributed by atoms with Gasteiger partial charge in [-0.3, -0.25) is 0 Å². The van der Waals surface area contributed by atoms with Crippen LogP contribution >= 0.6 is 11.8 Å². The SMILES string of the molecule is N#CC(C#N)=C1N=C(c2ccccc2)C(=Nc2ccc(N(N)N)cc2)S1. The standard InChI is InChI=1S/C18H13N7S/c19-10-13(11-20)17-24-16(12-4-2-1-3-5-12)18(26-17)23-14-6-8-15(9-7-14)25(21)22/h1-9H,21-22H2. The third kappa shape index (κ3) is 3.63. The Bertz CT molecular complexity index is 975. The fraction of sp³-hybridized carbons (Fsp3) is 0. The highest BCUT2D eigenvalue weighted by atomic mass is 32.2. The molecule has 1 heterocycles. The lowest BCUT2D eigenvalue weighted by Crippen LogP contribution is -2.37. The molecule has 3 rings (SSSR count). The predicted molar refractivity (Wildman–Crippen MR) is 103 cm³/mol. The molecule has 0 amide bonds. The Morgan fingerprint density at radius 2 is 1.65 bits per heavy atom. The van der Waals surface area contributed by atoms with E-state index in [1.807, 2.05) is 42.5 Å². The minimum atomic E-state index is -0.0362. The van der Waals surface area contributed by atoms with Crippen LogP contribution in [0.4, 0.5) is 11.4 Å². The lowest BCUT2D eigenvalue weighted by molar-refractivity contribution is 0.925. The number of hydrogen-bond acceptors (Lipinski definition) is 8. The molecule has 0 saturated carbocycles. The minimum absolute atomic E-state index is 0.0362. The van der Waals surface area contributed by atoms with E-state index in [0.717, 1.165) is 10.7 Å². The van der Waals surface area contributed by atoms with Crippen LogP contribution in [0.25, 0.3) is 0 Å². The van der Waals surface area contributed by atoms with Crippen LogP contribution in [0.3, 0.4) is 0 Å². The maximum Gasteiger partial charge on any atom is 0.162 e. The van der Waals surface area contributed by atoms with Crippen molar-refractivity contribution in [3.05, 3.63) is 70.8 Å². The molecule has 8 heteroatoms. The number of nitrogens with two attached hydrogens (primary N) is 2. The van der Waals surface area contributed by atoms with Crippen LogP contribution in [0.1, 0.15) is 5.56 Å². The van der Waals surface area contributed by atoms with E-state index in [2.05, 4.69) is 9.98 Å². The lowest BCUT2D eigenvalue weighted by atomic mass is 10.1. The summed E-state index contributed by atoms with van der Waals surface area (Å²) < 4.78 is 0. The molecule has 0 saturated heterocycles. The van der Waals surface area contributed by atoms with E-state index in [-0.39, 0.29) is 5.57 Å². The van der Waals surface area contributed by atoms with Gasteiger partial charge >= 0.3 is 0 Å². The monoisotopic (exact) mass is 359 g/mol. The molecule has 0 spiro atoms. The summed E-state index contributed by atoms with van der Waals surface area (Å²) >= 11 is 1.20. The van der Waals surface area contributed by atoms with Crippen molar-refractivity contribution in [1.82, 2.24) is 0 Å². The maximum absolute atomic E-state index is 9.12. The Morgan fingerprint density at radius 3 is 2.23 bits per heavy atom. The van der Waals surface area contributed by atoms with Gasteiger partial charge in [0.25, 0.3) is 0 Å². The van der Waals surface area contributed by atoms with E-state index in [1.165, 1.54) is 11.8 Å². The fourth-order valence-electron chi connectivity index (χ4n) is 2.22. The van der Waals surface area contributed by atoms with E-state index in [4.69, 9.17) is 22.2 Å². The predicted octanol–water partition coefficient (Wildman–Crippen LogP) is 2.77. The Morgan fingerprint density at radius 1 is 1.00 bits per heavy atom. The molecule has 0 fully saturated rings. The zero-order chi connectivity index (χ0) is 18.5. The normalized spacial score (nSPS) is 14.5. The summed E-state index contributed by atoms with van der Waals surface area (Å²) in [7, 11) is 0. The van der Waals surface area contributed by atoms with Crippen LogP contribution in [0.5, 0.6) is 0 Å². The summed E-state index contributed by atoms with van der Waals surface area (Å²) in [4.78, 5) is 9.07. The number of hydrogen-bond donors (Lipinski definition) is 2. The zero-order valence-corrected chi connectivity index (χ0v) is 14.3. The molecular formula is C18H13N7S. The second-order valence-corrected chi connectivity index (χ2v) is 6.15. The van der Waals surface area contributed by atoms with E-state index in [9.17, 15) is 0 Å². The number of rotatable bonds is 3. The molecule has 4 N–H and O–H groups in total. The molecule has 26 heavy (non-hydrogen) atoms. The summed E-state index contributed by atoms with van der Waals surface area (Å²) in [6, 6.07) is 20.3. The second kappa shape index (κ2) is 7.64. The van der Waals surface area contributed by atoms with Gasteiger partial charge in [-0.1, -0.05) is 30.3 Å². The second-order valence-electron chi connectivity index (χ2n) is 5.17. The number of nitrogens with zero attached hydrogens (tertiary/aromatic N) is 5. The lowest BCUT2D eigenvalue weighted by Gasteiger charge is -2.10. The van der Waals surface area contributed by atoms with Crippen molar-refractivity contribution in [3.8, 4) is 12.1 Å². The molecule has 126 valence electrons. The van der Waals surface area contributed by atoms with Gasteiger partial charge < -0.3 is 0 Å². The maximum atomic E-state index is 9.12. The van der Waals surface area contributed by atoms with E-state index in [1.54, 1.807) is 24.3 Å². The van der Waals surface area contributed by atoms with Gasteiger partial charge in [0.1, 0.15) is 27.9 Å². The molecular weight excluding hydrogens is 346 g/mol. The van der Waals surface area contributed by atoms with Gasteiger partial charge in [-0.2, -0.15) is 10.5 Å². The van der Waals surface area contributed by atoms with Crippen molar-refractivity contribution in [2.75, 3.05) is 5.12 Å². The molecule has 0 bridgehead atoms. The van der Waals surface area contributed by atoms with Gasteiger partial charge in [0.05, 0.1) is 11.4 Å². The summed E-state index contributed by atoms with van der Waals surface area (Å²) in [5.74, 6) is 11.0. The topological polar surface area (TPSA) is 128 Å². The largest absolute Gasteiger partial charge is 0.247 e. The summed E-state index contributed by atoms with van der Waals surface area (Å²) in [6.45, 7) is 0. The molecule has 0 radical (unpaired) electrons. The molecule has 1 aliphatic heterocycles. The van der Waals surface area contributed by atoms with Crippen LogP contribution < -0.4 is 16.8 Å². The number of anilines is 1. The van der Waals surface area contributed by atoms with Crippen LogP contribution in [-0.2, 0) is 0 Å². The van der Waals surface area contributed by atoms with Crippen molar-refractivity contribution >= 4 is 33.9 Å². The van der Waals surface area contributed by atoms with Gasteiger partial charge in [0.2, 0.25) is 0 Å². The minimum Gasteiger partial charge on any atom is -0.247 e. The summed E-state index contributed by atoms with van der Waals surface area (Å²) in [5.41, 5.74) is 2.76. The highest BCUT2D eigenvalue weighted by molar-refractivity contribution is 8.19. The van der Waals surface area contributed by atoms with Crippen molar-refractivity contribution in [2.24, 2.45) is 21.7 Å². The number of nitriles is 2. The average Bonchev–Trinajstić information content (AvgIpc) is 3.07. The molecule has 2 aromatic rings. The van der Waals surface area contributed by atoms with E-state index in [0.29, 0.717) is 27.2 Å². The number of thioether (sulfide) groups is 1. The molecule has 0 unspecified atom stereocenters. The van der Waals surface area contributed by atoms with Gasteiger partial charge in [0.15, 0.2) is 5.57 Å². The van der Waals surface area contributed by atoms with Crippen molar-refractivity contribution in [2.45, 2.75) is 0 Å². The first-order valence-electron chi connectivity index (χ1n) is 7.47. The highest BCUT2D eigenvalue weighted by Crippen LogP contribution is 2.34. The van der Waals surface area contributed by atoms with Crippen molar-refractivity contribution in [1.29, 1.82) is 10.5 Å². The number of benzene rings is 2. The Labute approximate surface area is 154 Å². The molecule has 0 atom stereocenters. The zero-order valence-electron chi connectivity index (χ0n) is 13.5. The number of aliphatic imine (C=N–C) groups is 2. The van der Waals surface area contributed by atoms with Crippen LogP contribution in [-0.4, -0.2) is 10.8 Å². The molecule has 7 nitrogen and oxygen atoms in total. The first-order valence-corrected chi connectivity index (χ1v) is 8.29. The Hall–Kier alpha value is -3.43. The third-order valence-corrected chi connectivity index (χ3v) is 4.44. The van der Waals surface area contributed by atoms with Crippen LogP contribution in [0.15, 0.2) is 75.2 Å². The Kier molecular flexibility index (Phi) is 5.11. The third-order valence-electron chi connectivity index (χ3n) is 3.47. The highest BCUT2D eigenvalue weighted by Gasteiger charge is 2.25. The van der Waals surface area contributed by atoms with Gasteiger partial charge in [0, 0.05) is 5.56 Å². The quantitative estimate of drug-likeness (QED) is 0.493. The first-order chi connectivity index (χ1) is 12.6. The van der Waals surface area contributed by atoms with Gasteiger partial charge in [-0.05, 0) is 36.0 Å². The molecule has 0 aliphatic carbocycles. The Balaban J connectivity index is 2.05. The summed E-state index contributed by atoms with van der Waals surface area (Å²) in [6.07, 6.45) is 0. The van der Waals surface area contributed by atoms with Gasteiger partial charge in [-0.15, -0.1) is 0 Å². The van der Waals surface area contributed by atoms with Crippen molar-refractivity contribution in [3.63, 3.8) is 0 Å². The molecule has 0 aromatic heterocycles. The van der Waals surface area contributed by atoms with Crippen molar-refractivity contribution < 1.29 is 0 Å². The number of hydrazine groups is 2. The average molecular weight is 359 g/mol. The summed E-state index contributed by atoms with van der Waals surface area (Å²) in [5, 5.41) is 20.2. The smallest absolute Gasteiger partial charge is 0.162 e. The van der Waals surface area contributed by atoms with Crippen LogP contribution in [0, 0.1) is 22.7 Å². The van der Waals surface area contributed by atoms with E-state index >= 15 is 0 Å². The first kappa shape index (κ1) is 17.4. The molecule has 1 aliphatic rings. The number of allylic oxidation sites excluding steroid dienone is 1. The molecule has 2 aromatic carbocycles. The fourth-order valence-corrected chi connectivity index (χ4v) is 3.14.